The van der Waals surface area contributed by atoms with E-state index in [1.807, 2.05) is 48.5 Å². The van der Waals surface area contributed by atoms with E-state index in [9.17, 15) is 0 Å². The molecule has 0 heterocycles. The molecule has 1 atom stereocenters. The van der Waals surface area contributed by atoms with Gasteiger partial charge >= 0.3 is 120 Å². The molecule has 0 fully saturated rings. The van der Waals surface area contributed by atoms with Crippen LogP contribution in [-0.2, 0) is 41.5 Å². The van der Waals surface area contributed by atoms with Crippen molar-refractivity contribution in [1.82, 2.24) is 0 Å². The molecule has 2 aliphatic rings. The van der Waals surface area contributed by atoms with Gasteiger partial charge in [-0.05, 0) is 35.4 Å². The number of rotatable bonds is 5. The van der Waals surface area contributed by atoms with E-state index in [0.29, 0.717) is 11.3 Å². The van der Waals surface area contributed by atoms with Crippen molar-refractivity contribution in [1.29, 1.82) is 0 Å². The van der Waals surface area contributed by atoms with Gasteiger partial charge in [-0.2, -0.15) is 29.3 Å². The fourth-order valence-corrected chi connectivity index (χ4v) is 8.06. The molecule has 2 aliphatic carbocycles. The molecule has 0 amide bonds. The number of hydrogen-bond donors (Lipinski definition) is 0. The van der Waals surface area contributed by atoms with Crippen LogP contribution in [0.1, 0.15) is 133 Å². The first-order valence-corrected chi connectivity index (χ1v) is 20.8. The van der Waals surface area contributed by atoms with Gasteiger partial charge in [-0.25, -0.2) is 6.08 Å². The first kappa shape index (κ1) is 48.4. The van der Waals surface area contributed by atoms with E-state index in [0.717, 1.165) is 16.5 Å². The van der Waals surface area contributed by atoms with E-state index in [2.05, 4.69) is 126 Å². The monoisotopic (exact) mass is 876 g/mol. The number of allylic oxidation sites excluding steroid dienone is 4. The number of halogens is 4. The molecule has 0 saturated carbocycles. The Morgan fingerprint density at radius 3 is 1.67 bits per heavy atom. The van der Waals surface area contributed by atoms with Crippen LogP contribution in [0.25, 0.3) is 11.1 Å². The maximum Gasteiger partial charge on any atom is -1.00 e. The Morgan fingerprint density at radius 1 is 0.722 bits per heavy atom. The molecule has 6 rings (SSSR count). The van der Waals surface area contributed by atoms with E-state index in [4.69, 9.17) is 23.2 Å². The minimum atomic E-state index is 0. The number of hydrogen-bond acceptors (Lipinski definition) is 0. The molecule has 0 bridgehead atoms. The van der Waals surface area contributed by atoms with Gasteiger partial charge in [0.15, 0.2) is 0 Å². The second-order valence-electron chi connectivity index (χ2n) is 17.5. The van der Waals surface area contributed by atoms with Crippen molar-refractivity contribution in [2.45, 2.75) is 120 Å². The first-order chi connectivity index (χ1) is 24.2. The Labute approximate surface area is 365 Å². The van der Waals surface area contributed by atoms with Crippen LogP contribution >= 0.6 is 23.2 Å². The largest absolute Gasteiger partial charge is 1.00 e. The third kappa shape index (κ3) is 12.9. The summed E-state index contributed by atoms with van der Waals surface area (Å²) in [6.07, 6.45) is 12.9. The summed E-state index contributed by atoms with van der Waals surface area (Å²) >= 11 is 13.1. The fourth-order valence-electron chi connectivity index (χ4n) is 6.99. The molecule has 54 heavy (non-hydrogen) atoms. The summed E-state index contributed by atoms with van der Waals surface area (Å²) in [5, 5.41) is 1.53. The molecule has 4 aromatic carbocycles. The molecular formula is C49H58Cl4Zr-2. The molecule has 1 unspecified atom stereocenters. The summed E-state index contributed by atoms with van der Waals surface area (Å²) in [6, 6.07) is 26.8. The van der Waals surface area contributed by atoms with Gasteiger partial charge in [-0.3, -0.25) is 6.08 Å². The average Bonchev–Trinajstić information content (AvgIpc) is 3.67. The normalized spacial score (nSPS) is 14.3. The molecule has 0 nitrogen and oxygen atoms in total. The Bertz CT molecular complexity index is 1810. The minimum absolute atomic E-state index is 0. The number of aryl methyl sites for hydroxylation is 2. The second-order valence-corrected chi connectivity index (χ2v) is 19.6. The van der Waals surface area contributed by atoms with Crippen LogP contribution in [-0.4, -0.2) is 3.21 Å². The van der Waals surface area contributed by atoms with Crippen molar-refractivity contribution >= 4 is 26.4 Å². The molecule has 288 valence electrons. The predicted octanol–water partition coefficient (Wildman–Crippen LogP) is 8.53. The van der Waals surface area contributed by atoms with Crippen LogP contribution in [0.5, 0.6) is 0 Å². The van der Waals surface area contributed by atoms with Crippen molar-refractivity contribution in [3.8, 4) is 11.1 Å². The van der Waals surface area contributed by atoms with Crippen molar-refractivity contribution < 1.29 is 49.0 Å². The third-order valence-electron chi connectivity index (χ3n) is 9.91. The summed E-state index contributed by atoms with van der Waals surface area (Å²) < 4.78 is 1.31. The number of unbranched alkanes of at least 4 members (excludes halogenated alkanes) is 1. The zero-order chi connectivity index (χ0) is 38.6. The Kier molecular flexibility index (Phi) is 18.0. The minimum Gasteiger partial charge on any atom is -1.00 e. The van der Waals surface area contributed by atoms with Crippen molar-refractivity contribution in [3.63, 3.8) is 0 Å². The molecular weight excluding hydrogens is 822 g/mol. The smallest absolute Gasteiger partial charge is 1.00 e. The van der Waals surface area contributed by atoms with E-state index >= 15 is 0 Å². The second kappa shape index (κ2) is 20.1. The van der Waals surface area contributed by atoms with Crippen molar-refractivity contribution in [3.05, 3.63) is 151 Å². The zero-order valence-electron chi connectivity index (χ0n) is 34.4. The van der Waals surface area contributed by atoms with E-state index in [-0.39, 0.29) is 35.6 Å². The molecule has 4 aromatic rings. The van der Waals surface area contributed by atoms with Gasteiger partial charge in [-0.15, -0.1) is 16.7 Å². The van der Waals surface area contributed by atoms with Crippen molar-refractivity contribution in [2.75, 3.05) is 0 Å². The van der Waals surface area contributed by atoms with Gasteiger partial charge in [0.05, 0.1) is 0 Å². The van der Waals surface area contributed by atoms with Crippen LogP contribution in [0.2, 0.25) is 10.0 Å². The van der Waals surface area contributed by atoms with Crippen LogP contribution in [0.4, 0.5) is 0 Å². The van der Waals surface area contributed by atoms with Gasteiger partial charge in [0.2, 0.25) is 0 Å². The third-order valence-corrected chi connectivity index (χ3v) is 11.8. The van der Waals surface area contributed by atoms with Crippen LogP contribution < -0.4 is 24.8 Å². The van der Waals surface area contributed by atoms with Crippen LogP contribution in [0.3, 0.4) is 0 Å². The molecule has 0 aromatic heterocycles. The molecule has 5 heteroatoms. The Balaban J connectivity index is 0.000000288. The quantitative estimate of drug-likeness (QED) is 0.156. The maximum absolute atomic E-state index is 5.86. The van der Waals surface area contributed by atoms with Gasteiger partial charge < -0.3 is 24.8 Å². The summed E-state index contributed by atoms with van der Waals surface area (Å²) in [6.45, 7) is 27.3. The summed E-state index contributed by atoms with van der Waals surface area (Å²) in [5.41, 5.74) is 15.8. The van der Waals surface area contributed by atoms with Gasteiger partial charge in [0.1, 0.15) is 0 Å². The standard InChI is InChI=1S/C23H29.C13H8Cl2.C13H21.2ClH.Zr/c1-14-9-16-11-17-10-15(2)21(23(6,7)8)13-19(17)18(16)12-20(14)22(3,4)5;14-12-5-1-10(2-6-12)9-11-3-7-13(15)8-4-11;1-5-6-7-11-8-9-12(10-11)13(2,3)4;;;/h9,12-13H,11H2,1-8H3;1-8H;9-11H,5-7H2,1-4H3;2*1H;/q-1;;-1;;;+2/p-2. The summed E-state index contributed by atoms with van der Waals surface area (Å²) in [5.74, 6) is 0.592. The maximum atomic E-state index is 5.86. The fraction of sp³-hybridized carbons (Fsp3) is 0.408. The summed E-state index contributed by atoms with van der Waals surface area (Å²) in [7, 11) is 0. The van der Waals surface area contributed by atoms with Gasteiger partial charge in [0, 0.05) is 0 Å². The predicted molar refractivity (Wildman–Crippen MR) is 225 cm³/mol. The Hall–Kier alpha value is -1.73. The van der Waals surface area contributed by atoms with Gasteiger partial charge in [-0.1, -0.05) is 130 Å². The van der Waals surface area contributed by atoms with E-state index in [1.54, 1.807) is 0 Å². The van der Waals surface area contributed by atoms with Crippen LogP contribution in [0, 0.1) is 37.3 Å². The van der Waals surface area contributed by atoms with E-state index in [1.165, 1.54) is 108 Å². The van der Waals surface area contributed by atoms with Crippen molar-refractivity contribution in [2.24, 2.45) is 11.3 Å². The summed E-state index contributed by atoms with van der Waals surface area (Å²) in [4.78, 5) is 0. The average molecular weight is 880 g/mol. The van der Waals surface area contributed by atoms with E-state index < -0.39 is 0 Å². The number of fused-ring (bicyclic) bond motifs is 3. The molecule has 0 aliphatic heterocycles. The molecule has 0 radical (unpaired) electrons. The zero-order valence-corrected chi connectivity index (χ0v) is 39.9. The molecule has 0 saturated heterocycles. The topological polar surface area (TPSA) is 0 Å². The SMILES string of the molecule is CCCCC1[C-]=CC(C(C)(C)C)=C1.Cc1[c-]c2c(cc1C(C)(C)C)-c1cc(C(C)(C)C)c(C)cc1C2.Clc1ccc([C](=[Zr+2])c2ccc(Cl)cc2)cc1.[Cl-].[Cl-]. The van der Waals surface area contributed by atoms with Gasteiger partial charge in [0.25, 0.3) is 0 Å². The van der Waals surface area contributed by atoms with Crippen LogP contribution in [0.15, 0.2) is 84.5 Å². The first-order valence-electron chi connectivity index (χ1n) is 18.8. The number of benzene rings is 4. The Morgan fingerprint density at radius 2 is 1.22 bits per heavy atom. The molecule has 0 spiro atoms. The molecule has 0 N–H and O–H groups in total.